The Kier molecular flexibility index (Phi) is 10.5. The molecule has 0 unspecified atom stereocenters. The number of nitrogens with one attached hydrogen (secondary N) is 1. The molecule has 7 atom stereocenters. The van der Waals surface area contributed by atoms with Gasteiger partial charge < -0.3 is 39.2 Å². The number of likely N-dealkylation sites (tertiary alicyclic amines) is 1. The molecule has 0 saturated carbocycles. The largest absolute Gasteiger partial charge is 0.497 e. The summed E-state index contributed by atoms with van der Waals surface area (Å²) in [6.07, 6.45) is 6.66. The number of hydrogen-bond acceptors (Lipinski definition) is 9. The lowest BCUT2D eigenvalue weighted by Crippen LogP contribution is -2.55. The molecule has 12 heteroatoms. The van der Waals surface area contributed by atoms with Crippen LogP contribution in [0.1, 0.15) is 37.4 Å². The number of amides is 3. The van der Waals surface area contributed by atoms with E-state index in [1.54, 1.807) is 54.5 Å². The molecule has 2 aromatic rings. The van der Waals surface area contributed by atoms with Crippen molar-refractivity contribution in [1.82, 2.24) is 10.2 Å². The number of esters is 1. The maximum Gasteiger partial charge on any atom is 0.313 e. The Morgan fingerprint density at radius 3 is 2.47 bits per heavy atom. The van der Waals surface area contributed by atoms with Gasteiger partial charge in [0.25, 0.3) is 5.91 Å². The maximum atomic E-state index is 14.7. The van der Waals surface area contributed by atoms with Crippen molar-refractivity contribution in [2.45, 2.75) is 55.6 Å². The lowest BCUT2D eigenvalue weighted by molar-refractivity contribution is -0.162. The van der Waals surface area contributed by atoms with Crippen molar-refractivity contribution in [2.24, 2.45) is 11.8 Å². The van der Waals surface area contributed by atoms with Crippen LogP contribution in [0.5, 0.6) is 5.75 Å². The minimum atomic E-state index is -1.48. The Morgan fingerprint density at radius 1 is 0.980 bits per heavy atom. The van der Waals surface area contributed by atoms with Gasteiger partial charge in [-0.25, -0.2) is 0 Å². The minimum absolute atomic E-state index is 0.0640. The molecule has 260 valence electrons. The van der Waals surface area contributed by atoms with Crippen LogP contribution < -0.4 is 15.0 Å². The monoisotopic (exact) mass is 673 g/mol. The van der Waals surface area contributed by atoms with E-state index in [0.29, 0.717) is 36.3 Å². The van der Waals surface area contributed by atoms with Crippen LogP contribution in [-0.4, -0.2) is 98.0 Å². The molecular formula is C37H43N3O9. The second-order valence-corrected chi connectivity index (χ2v) is 12.7. The fourth-order valence-corrected chi connectivity index (χ4v) is 7.52. The summed E-state index contributed by atoms with van der Waals surface area (Å²) >= 11 is 0. The number of methoxy groups -OCH3 is 2. The zero-order valence-corrected chi connectivity index (χ0v) is 27.7. The van der Waals surface area contributed by atoms with Crippen molar-refractivity contribution in [2.75, 3.05) is 45.4 Å². The number of nitrogens with zero attached hydrogens (tertiary/aromatic N) is 2. The highest BCUT2D eigenvalue weighted by atomic mass is 16.6. The number of cyclic esters (lactones) is 1. The summed E-state index contributed by atoms with van der Waals surface area (Å²) in [6, 6.07) is 14.4. The van der Waals surface area contributed by atoms with Crippen molar-refractivity contribution in [3.05, 3.63) is 84.5 Å². The molecule has 0 bridgehead atoms. The Morgan fingerprint density at radius 2 is 1.76 bits per heavy atom. The number of carbonyl (C=O) groups excluding carboxylic acids is 4. The normalized spacial score (nSPS) is 30.7. The molecule has 3 amide bonds. The molecule has 0 radical (unpaired) electrons. The molecule has 4 aliphatic heterocycles. The van der Waals surface area contributed by atoms with Crippen LogP contribution in [0, 0.1) is 11.8 Å². The zero-order chi connectivity index (χ0) is 34.5. The van der Waals surface area contributed by atoms with Crippen LogP contribution in [0.25, 0.3) is 0 Å². The molecule has 49 heavy (non-hydrogen) atoms. The third-order valence-corrected chi connectivity index (χ3v) is 9.75. The first kappa shape index (κ1) is 34.3. The predicted molar refractivity (Wildman–Crippen MR) is 178 cm³/mol. The number of allylic oxidation sites excluding steroid dienone is 1. The molecule has 2 saturated heterocycles. The minimum Gasteiger partial charge on any atom is -0.497 e. The number of aliphatic hydroxyl groups is 1. The van der Waals surface area contributed by atoms with Gasteiger partial charge in [-0.2, -0.15) is 0 Å². The van der Waals surface area contributed by atoms with E-state index in [1.165, 1.54) is 12.0 Å². The van der Waals surface area contributed by atoms with Gasteiger partial charge in [0.2, 0.25) is 11.8 Å². The highest BCUT2D eigenvalue weighted by Gasteiger charge is 2.71. The zero-order valence-electron chi connectivity index (χ0n) is 27.7. The maximum absolute atomic E-state index is 14.7. The summed E-state index contributed by atoms with van der Waals surface area (Å²) in [5.74, 6) is -3.17. The number of hydrogen-bond donors (Lipinski definition) is 2. The van der Waals surface area contributed by atoms with Gasteiger partial charge in [0.05, 0.1) is 31.8 Å². The molecule has 0 aromatic heterocycles. The molecule has 4 heterocycles. The van der Waals surface area contributed by atoms with Crippen LogP contribution in [0.15, 0.2) is 78.9 Å². The van der Waals surface area contributed by atoms with Crippen LogP contribution >= 0.6 is 0 Å². The van der Waals surface area contributed by atoms with Gasteiger partial charge in [-0.3, -0.25) is 19.2 Å². The number of ether oxygens (including phenoxy) is 4. The summed E-state index contributed by atoms with van der Waals surface area (Å²) in [5.41, 5.74) is -0.207. The summed E-state index contributed by atoms with van der Waals surface area (Å²) in [5, 5.41) is 12.5. The van der Waals surface area contributed by atoms with E-state index < -0.39 is 47.7 Å². The average molecular weight is 674 g/mol. The third kappa shape index (κ3) is 6.60. The molecule has 6 rings (SSSR count). The first-order chi connectivity index (χ1) is 23.8. The number of unbranched alkanes of at least 4 members (excludes halogenated alkanes) is 1. The summed E-state index contributed by atoms with van der Waals surface area (Å²) in [6.45, 7) is 0.421. The lowest BCUT2D eigenvalue weighted by atomic mass is 9.77. The van der Waals surface area contributed by atoms with Gasteiger partial charge in [-0.15, -0.1) is 0 Å². The van der Waals surface area contributed by atoms with Gasteiger partial charge in [0.15, 0.2) is 0 Å². The molecule has 2 aromatic carbocycles. The topological polar surface area (TPSA) is 144 Å². The molecule has 1 spiro atoms. The quantitative estimate of drug-likeness (QED) is 0.233. The van der Waals surface area contributed by atoms with Crippen molar-refractivity contribution in [3.8, 4) is 5.75 Å². The first-order valence-corrected chi connectivity index (χ1v) is 16.8. The Bertz CT molecular complexity index is 1580. The second-order valence-electron chi connectivity index (χ2n) is 12.7. The van der Waals surface area contributed by atoms with E-state index in [2.05, 4.69) is 5.32 Å². The van der Waals surface area contributed by atoms with E-state index >= 15 is 0 Å². The number of anilines is 1. The van der Waals surface area contributed by atoms with Crippen LogP contribution in [-0.2, 0) is 33.4 Å². The van der Waals surface area contributed by atoms with Gasteiger partial charge in [-0.1, -0.05) is 54.6 Å². The van der Waals surface area contributed by atoms with Crippen molar-refractivity contribution < 1.29 is 43.2 Å². The fourth-order valence-electron chi connectivity index (χ4n) is 7.52. The Hall–Kier alpha value is -4.52. The highest BCUT2D eigenvalue weighted by Crippen LogP contribution is 2.53. The Balaban J connectivity index is 1.43. The molecular weight excluding hydrogens is 630 g/mol. The molecule has 2 fully saturated rings. The number of aliphatic hydroxyl groups excluding tert-OH is 1. The van der Waals surface area contributed by atoms with E-state index in [1.807, 2.05) is 36.4 Å². The number of fused-ring (bicyclic) bond motifs is 2. The lowest BCUT2D eigenvalue weighted by Gasteiger charge is -2.35. The third-order valence-electron chi connectivity index (χ3n) is 9.75. The van der Waals surface area contributed by atoms with E-state index in [0.717, 1.165) is 0 Å². The summed E-state index contributed by atoms with van der Waals surface area (Å²) < 4.78 is 23.8. The van der Waals surface area contributed by atoms with Crippen molar-refractivity contribution >= 4 is 29.4 Å². The summed E-state index contributed by atoms with van der Waals surface area (Å²) in [7, 11) is 3.07. The van der Waals surface area contributed by atoms with Gasteiger partial charge >= 0.3 is 5.97 Å². The first-order valence-electron chi connectivity index (χ1n) is 16.8. The second kappa shape index (κ2) is 14.9. The fraction of sp³-hybridized carbons (Fsp3) is 0.459. The van der Waals surface area contributed by atoms with Gasteiger partial charge in [0, 0.05) is 38.9 Å². The van der Waals surface area contributed by atoms with E-state index in [4.69, 9.17) is 18.9 Å². The number of carbonyl (C=O) groups is 4. The standard InChI is InChI=1S/C37H43N3O9/c1-46-23-27-32(24-11-4-3-5-12-24)48-36(45)30-28(13-6-7-14-29(42)38-27)49-37-19-10-21-39(25-15-17-26(47-2)18-16-25)35(44)33(37)40(20-8-9-22-41)34(43)31(30)37/h3-6,10-13,15-19,27-28,30-33,41H,7-9,14,20-23H2,1-2H3,(H,38,42)/b13-6-/t27-,28-,30+,31+,32-,33-,37+/m1/s1. The highest BCUT2D eigenvalue weighted by molar-refractivity contribution is 6.05. The molecule has 0 aliphatic carbocycles. The van der Waals surface area contributed by atoms with Crippen molar-refractivity contribution in [3.63, 3.8) is 0 Å². The molecule has 2 N–H and O–H groups in total. The van der Waals surface area contributed by atoms with Crippen molar-refractivity contribution in [1.29, 1.82) is 0 Å². The van der Waals surface area contributed by atoms with Crippen LogP contribution in [0.2, 0.25) is 0 Å². The Labute approximate surface area is 285 Å². The molecule has 4 aliphatic rings. The van der Waals surface area contributed by atoms with Gasteiger partial charge in [0.1, 0.15) is 29.4 Å². The van der Waals surface area contributed by atoms with Crippen LogP contribution in [0.4, 0.5) is 5.69 Å². The average Bonchev–Trinajstić information content (AvgIpc) is 3.49. The number of benzene rings is 2. The van der Waals surface area contributed by atoms with E-state index in [-0.39, 0.29) is 50.4 Å². The SMILES string of the molecule is COC[C@H]1NC(=O)CC/C=C\[C@H]2O[C@]34C=CCN(c5ccc(OC)cc5)C(=O)[C@H]3N(CCCCO)C(=O)[C@@H]4[C@H]2C(=O)O[C@@H]1c1ccccc1. The molecule has 12 nitrogen and oxygen atoms in total. The summed E-state index contributed by atoms with van der Waals surface area (Å²) in [4.78, 5) is 59.9. The number of rotatable bonds is 9. The van der Waals surface area contributed by atoms with Gasteiger partial charge in [-0.05, 0) is 49.1 Å². The predicted octanol–water partition coefficient (Wildman–Crippen LogP) is 2.72. The smallest absolute Gasteiger partial charge is 0.313 e. The van der Waals surface area contributed by atoms with Crippen LogP contribution in [0.3, 0.4) is 0 Å². The van der Waals surface area contributed by atoms with E-state index in [9.17, 15) is 24.3 Å².